The van der Waals surface area contributed by atoms with E-state index in [1.54, 1.807) is 0 Å². The van der Waals surface area contributed by atoms with Crippen molar-refractivity contribution in [1.29, 1.82) is 0 Å². The monoisotopic (exact) mass is 347 g/mol. The van der Waals surface area contributed by atoms with Crippen molar-refractivity contribution in [2.24, 2.45) is 0 Å². The van der Waals surface area contributed by atoms with Crippen molar-refractivity contribution in [3.63, 3.8) is 0 Å². The van der Waals surface area contributed by atoms with Gasteiger partial charge >= 0.3 is 6.18 Å². The third kappa shape index (κ3) is 5.54. The minimum Gasteiger partial charge on any atom is -0.289 e. The summed E-state index contributed by atoms with van der Waals surface area (Å²) in [6.45, 7) is -0.860. The molecule has 18 heavy (non-hydrogen) atoms. The summed E-state index contributed by atoms with van der Waals surface area (Å²) in [5, 5.41) is 0. The molecule has 0 amide bonds. The SMILES string of the molecule is Fc1ccc(CN(CCCl)CC(F)(F)F)c(Br)c1. The largest absolute Gasteiger partial charge is 0.401 e. The lowest BCUT2D eigenvalue weighted by molar-refractivity contribution is -0.146. The standard InChI is InChI=1S/C11H11BrClF4N/c12-10-5-9(14)2-1-8(10)6-18(4-3-13)7-11(15,16)17/h1-2,5H,3-4,6-7H2. The van der Waals surface area contributed by atoms with Gasteiger partial charge in [-0.1, -0.05) is 22.0 Å². The van der Waals surface area contributed by atoms with Gasteiger partial charge in [-0.05, 0) is 17.7 Å². The Balaban J connectivity index is 2.76. The van der Waals surface area contributed by atoms with E-state index in [-0.39, 0.29) is 19.0 Å². The van der Waals surface area contributed by atoms with Gasteiger partial charge in [0.2, 0.25) is 0 Å². The summed E-state index contributed by atoms with van der Waals surface area (Å²) >= 11 is 8.60. The molecule has 0 aromatic heterocycles. The number of alkyl halides is 4. The van der Waals surface area contributed by atoms with Crippen molar-refractivity contribution < 1.29 is 17.6 Å². The van der Waals surface area contributed by atoms with E-state index in [0.29, 0.717) is 10.0 Å². The fraction of sp³-hybridized carbons (Fsp3) is 0.455. The molecule has 0 aliphatic rings. The lowest BCUT2D eigenvalue weighted by Crippen LogP contribution is -2.35. The molecule has 1 rings (SSSR count). The first-order chi connectivity index (χ1) is 8.31. The molecule has 0 aliphatic heterocycles. The van der Waals surface area contributed by atoms with Crippen LogP contribution in [-0.2, 0) is 6.54 Å². The highest BCUT2D eigenvalue weighted by atomic mass is 79.9. The van der Waals surface area contributed by atoms with Crippen LogP contribution >= 0.6 is 27.5 Å². The summed E-state index contributed by atoms with van der Waals surface area (Å²) in [5.41, 5.74) is 0.589. The van der Waals surface area contributed by atoms with Crippen molar-refractivity contribution in [2.75, 3.05) is 19.0 Å². The first-order valence-corrected chi connectivity index (χ1v) is 6.43. The van der Waals surface area contributed by atoms with Crippen molar-refractivity contribution in [1.82, 2.24) is 4.90 Å². The second-order valence-corrected chi connectivity index (χ2v) is 4.98. The first-order valence-electron chi connectivity index (χ1n) is 5.11. The molecule has 1 aromatic rings. The quantitative estimate of drug-likeness (QED) is 0.570. The van der Waals surface area contributed by atoms with E-state index < -0.39 is 18.5 Å². The smallest absolute Gasteiger partial charge is 0.289 e. The van der Waals surface area contributed by atoms with Gasteiger partial charge in [-0.3, -0.25) is 4.90 Å². The maximum absolute atomic E-state index is 12.9. The highest BCUT2D eigenvalue weighted by Crippen LogP contribution is 2.22. The number of hydrogen-bond donors (Lipinski definition) is 0. The van der Waals surface area contributed by atoms with Crippen LogP contribution in [0.3, 0.4) is 0 Å². The molecule has 0 saturated carbocycles. The predicted molar refractivity (Wildman–Crippen MR) is 66.2 cm³/mol. The van der Waals surface area contributed by atoms with Gasteiger partial charge in [0, 0.05) is 23.4 Å². The number of benzene rings is 1. The van der Waals surface area contributed by atoms with E-state index >= 15 is 0 Å². The molecule has 0 aliphatic carbocycles. The zero-order chi connectivity index (χ0) is 13.8. The van der Waals surface area contributed by atoms with Crippen LogP contribution in [0.4, 0.5) is 17.6 Å². The van der Waals surface area contributed by atoms with Crippen LogP contribution in [0.1, 0.15) is 5.56 Å². The van der Waals surface area contributed by atoms with Crippen LogP contribution in [0.15, 0.2) is 22.7 Å². The van der Waals surface area contributed by atoms with Crippen LogP contribution in [0, 0.1) is 5.82 Å². The van der Waals surface area contributed by atoms with Crippen molar-refractivity contribution in [2.45, 2.75) is 12.7 Å². The van der Waals surface area contributed by atoms with Crippen LogP contribution in [-0.4, -0.2) is 30.0 Å². The summed E-state index contributed by atoms with van der Waals surface area (Å²) < 4.78 is 50.3. The van der Waals surface area contributed by atoms with Crippen molar-refractivity contribution in [3.8, 4) is 0 Å². The van der Waals surface area contributed by atoms with E-state index in [1.165, 1.54) is 23.1 Å². The maximum atomic E-state index is 12.9. The summed E-state index contributed by atoms with van der Waals surface area (Å²) in [6.07, 6.45) is -4.28. The van der Waals surface area contributed by atoms with E-state index in [2.05, 4.69) is 15.9 Å². The average Bonchev–Trinajstić information content (AvgIpc) is 2.20. The molecule has 0 saturated heterocycles. The third-order valence-electron chi connectivity index (χ3n) is 2.21. The molecular formula is C11H11BrClF4N. The number of nitrogens with zero attached hydrogens (tertiary/aromatic N) is 1. The first kappa shape index (κ1) is 15.7. The lowest BCUT2D eigenvalue weighted by atomic mass is 10.2. The second-order valence-electron chi connectivity index (χ2n) is 3.75. The van der Waals surface area contributed by atoms with Crippen molar-refractivity contribution in [3.05, 3.63) is 34.1 Å². The molecule has 1 aromatic carbocycles. The topological polar surface area (TPSA) is 3.24 Å². The van der Waals surface area contributed by atoms with Crippen LogP contribution in [0.2, 0.25) is 0 Å². The highest BCUT2D eigenvalue weighted by Gasteiger charge is 2.30. The lowest BCUT2D eigenvalue weighted by Gasteiger charge is -2.23. The fourth-order valence-electron chi connectivity index (χ4n) is 1.48. The number of hydrogen-bond acceptors (Lipinski definition) is 1. The Bertz CT molecular complexity index is 397. The molecule has 0 fully saturated rings. The van der Waals surface area contributed by atoms with Gasteiger partial charge in [0.05, 0.1) is 6.54 Å². The summed E-state index contributed by atoms with van der Waals surface area (Å²) in [4.78, 5) is 1.17. The Morgan fingerprint density at radius 2 is 1.94 bits per heavy atom. The maximum Gasteiger partial charge on any atom is 0.401 e. The Kier molecular flexibility index (Phi) is 5.88. The molecule has 0 atom stereocenters. The van der Waals surface area contributed by atoms with Gasteiger partial charge in [0.15, 0.2) is 0 Å². The fourth-order valence-corrected chi connectivity index (χ4v) is 2.19. The second kappa shape index (κ2) is 6.73. The van der Waals surface area contributed by atoms with Crippen LogP contribution in [0.5, 0.6) is 0 Å². The molecule has 0 radical (unpaired) electrons. The molecular weight excluding hydrogens is 337 g/mol. The summed E-state index contributed by atoms with van der Waals surface area (Å²) in [7, 11) is 0. The molecule has 0 spiro atoms. The Hall–Kier alpha value is -0.330. The molecule has 1 nitrogen and oxygen atoms in total. The Morgan fingerprint density at radius 1 is 1.28 bits per heavy atom. The van der Waals surface area contributed by atoms with E-state index in [9.17, 15) is 17.6 Å². The minimum atomic E-state index is -4.28. The van der Waals surface area contributed by atoms with Gasteiger partial charge in [0.25, 0.3) is 0 Å². The minimum absolute atomic E-state index is 0.0626. The van der Waals surface area contributed by atoms with Gasteiger partial charge in [-0.25, -0.2) is 4.39 Å². The van der Waals surface area contributed by atoms with E-state index in [0.717, 1.165) is 0 Å². The average molecular weight is 349 g/mol. The Morgan fingerprint density at radius 3 is 2.44 bits per heavy atom. The summed E-state index contributed by atoms with van der Waals surface area (Å²) in [5.74, 6) is -0.333. The number of halogens is 6. The van der Waals surface area contributed by atoms with Gasteiger partial charge < -0.3 is 0 Å². The third-order valence-corrected chi connectivity index (χ3v) is 3.12. The molecule has 7 heteroatoms. The van der Waals surface area contributed by atoms with E-state index in [1.807, 2.05) is 0 Å². The van der Waals surface area contributed by atoms with Gasteiger partial charge in [0.1, 0.15) is 5.82 Å². The van der Waals surface area contributed by atoms with Crippen LogP contribution < -0.4 is 0 Å². The van der Waals surface area contributed by atoms with Crippen LogP contribution in [0.25, 0.3) is 0 Å². The summed E-state index contributed by atoms with van der Waals surface area (Å²) in [6, 6.07) is 3.89. The molecule has 0 heterocycles. The molecule has 0 unspecified atom stereocenters. The zero-order valence-electron chi connectivity index (χ0n) is 9.28. The number of rotatable bonds is 5. The van der Waals surface area contributed by atoms with Gasteiger partial charge in [-0.2, -0.15) is 13.2 Å². The van der Waals surface area contributed by atoms with Crippen molar-refractivity contribution >= 4 is 27.5 Å². The predicted octanol–water partition coefficient (Wildman–Crippen LogP) is 4.19. The molecule has 0 N–H and O–H groups in total. The molecule has 102 valence electrons. The highest BCUT2D eigenvalue weighted by molar-refractivity contribution is 9.10. The normalized spacial score (nSPS) is 12.2. The molecule has 0 bridgehead atoms. The van der Waals surface area contributed by atoms with Gasteiger partial charge in [-0.15, -0.1) is 11.6 Å². The van der Waals surface area contributed by atoms with E-state index in [4.69, 9.17) is 11.6 Å². The zero-order valence-corrected chi connectivity index (χ0v) is 11.6. The Labute approximate surface area is 116 Å².